The highest BCUT2D eigenvalue weighted by Gasteiger charge is 2.17. The molecule has 0 fully saturated rings. The van der Waals surface area contributed by atoms with Crippen LogP contribution in [0.5, 0.6) is 11.5 Å². The van der Waals surface area contributed by atoms with Gasteiger partial charge in [-0.1, -0.05) is 18.2 Å². The first kappa shape index (κ1) is 13.7. The lowest BCUT2D eigenvalue weighted by Gasteiger charge is -2.22. The summed E-state index contributed by atoms with van der Waals surface area (Å²) in [6.07, 6.45) is 0. The molecule has 0 amide bonds. The standard InChI is InChI=1S/C16H16INO2/c1-18-16(11-3-2-4-13(17)9-11)12-5-6-14-15(10-12)20-8-7-19-14/h2-6,9-10,16,18H,7-8H2,1H3. The molecule has 0 saturated heterocycles. The lowest BCUT2D eigenvalue weighted by atomic mass is 9.98. The Bertz CT molecular complexity index is 615. The highest BCUT2D eigenvalue weighted by atomic mass is 127. The quantitative estimate of drug-likeness (QED) is 0.828. The SMILES string of the molecule is CNC(c1cccc(I)c1)c1ccc2c(c1)OCCO2. The van der Waals surface area contributed by atoms with E-state index in [0.717, 1.165) is 11.5 Å². The Morgan fingerprint density at radius 2 is 1.75 bits per heavy atom. The minimum absolute atomic E-state index is 0.153. The molecule has 4 heteroatoms. The lowest BCUT2D eigenvalue weighted by molar-refractivity contribution is 0.171. The number of fused-ring (bicyclic) bond motifs is 1. The van der Waals surface area contributed by atoms with E-state index < -0.39 is 0 Å². The van der Waals surface area contributed by atoms with Gasteiger partial charge in [-0.2, -0.15) is 0 Å². The maximum atomic E-state index is 5.66. The van der Waals surface area contributed by atoms with Crippen molar-refractivity contribution in [1.82, 2.24) is 5.32 Å². The molecule has 0 aromatic heterocycles. The normalized spacial score (nSPS) is 14.9. The van der Waals surface area contributed by atoms with Gasteiger partial charge in [0.15, 0.2) is 11.5 Å². The van der Waals surface area contributed by atoms with Crippen molar-refractivity contribution >= 4 is 22.6 Å². The summed E-state index contributed by atoms with van der Waals surface area (Å²) in [4.78, 5) is 0. The van der Waals surface area contributed by atoms with Gasteiger partial charge in [0.2, 0.25) is 0 Å². The van der Waals surface area contributed by atoms with Crippen molar-refractivity contribution in [2.45, 2.75) is 6.04 Å². The predicted molar refractivity (Wildman–Crippen MR) is 87.5 cm³/mol. The molecule has 2 aromatic rings. The summed E-state index contributed by atoms with van der Waals surface area (Å²) < 4.78 is 12.5. The van der Waals surface area contributed by atoms with E-state index in [0.29, 0.717) is 13.2 Å². The topological polar surface area (TPSA) is 30.5 Å². The first-order chi connectivity index (χ1) is 9.78. The molecule has 1 heterocycles. The van der Waals surface area contributed by atoms with E-state index in [9.17, 15) is 0 Å². The second-order valence-corrected chi connectivity index (χ2v) is 5.93. The Morgan fingerprint density at radius 1 is 1.00 bits per heavy atom. The van der Waals surface area contributed by atoms with Crippen molar-refractivity contribution in [2.24, 2.45) is 0 Å². The molecule has 0 spiro atoms. The minimum Gasteiger partial charge on any atom is -0.486 e. The first-order valence-electron chi connectivity index (χ1n) is 6.60. The minimum atomic E-state index is 0.153. The molecule has 104 valence electrons. The zero-order valence-corrected chi connectivity index (χ0v) is 13.4. The van der Waals surface area contributed by atoms with Crippen LogP contribution in [0.2, 0.25) is 0 Å². The molecule has 1 atom stereocenters. The van der Waals surface area contributed by atoms with Crippen molar-refractivity contribution in [3.05, 3.63) is 57.2 Å². The molecule has 3 rings (SSSR count). The van der Waals surface area contributed by atoms with Crippen molar-refractivity contribution in [1.29, 1.82) is 0 Å². The third kappa shape index (κ3) is 2.76. The summed E-state index contributed by atoms with van der Waals surface area (Å²) in [5.74, 6) is 1.66. The molecule has 3 nitrogen and oxygen atoms in total. The Kier molecular flexibility index (Phi) is 4.12. The van der Waals surface area contributed by atoms with E-state index in [2.05, 4.69) is 64.3 Å². The van der Waals surface area contributed by atoms with Gasteiger partial charge in [-0.3, -0.25) is 0 Å². The van der Waals surface area contributed by atoms with Gasteiger partial charge in [-0.25, -0.2) is 0 Å². The van der Waals surface area contributed by atoms with Crippen LogP contribution in [0.4, 0.5) is 0 Å². The van der Waals surface area contributed by atoms with Crippen LogP contribution >= 0.6 is 22.6 Å². The number of halogens is 1. The van der Waals surface area contributed by atoms with Crippen molar-refractivity contribution < 1.29 is 9.47 Å². The summed E-state index contributed by atoms with van der Waals surface area (Å²) in [5.41, 5.74) is 2.43. The molecule has 1 N–H and O–H groups in total. The Labute approximate surface area is 132 Å². The Balaban J connectivity index is 1.97. The fourth-order valence-corrected chi connectivity index (χ4v) is 3.02. The van der Waals surface area contributed by atoms with Crippen molar-refractivity contribution in [3.8, 4) is 11.5 Å². The molecular weight excluding hydrogens is 365 g/mol. The zero-order chi connectivity index (χ0) is 13.9. The molecule has 1 aliphatic rings. The van der Waals surface area contributed by atoms with Gasteiger partial charge in [0.05, 0.1) is 6.04 Å². The Hall–Kier alpha value is -1.27. The molecule has 2 aromatic carbocycles. The van der Waals surface area contributed by atoms with Crippen LogP contribution in [0, 0.1) is 3.57 Å². The summed E-state index contributed by atoms with van der Waals surface area (Å²) in [7, 11) is 1.97. The van der Waals surface area contributed by atoms with Crippen LogP contribution in [0.3, 0.4) is 0 Å². The van der Waals surface area contributed by atoms with E-state index in [1.165, 1.54) is 14.7 Å². The zero-order valence-electron chi connectivity index (χ0n) is 11.2. The van der Waals surface area contributed by atoms with Gasteiger partial charge in [0.25, 0.3) is 0 Å². The third-order valence-electron chi connectivity index (χ3n) is 3.37. The van der Waals surface area contributed by atoms with Gasteiger partial charge in [0, 0.05) is 3.57 Å². The monoisotopic (exact) mass is 381 g/mol. The number of hydrogen-bond acceptors (Lipinski definition) is 3. The molecule has 0 radical (unpaired) electrons. The molecule has 1 aliphatic heterocycles. The average molecular weight is 381 g/mol. The average Bonchev–Trinajstić information content (AvgIpc) is 2.48. The van der Waals surface area contributed by atoms with Gasteiger partial charge >= 0.3 is 0 Å². The molecule has 0 bridgehead atoms. The molecular formula is C16H16INO2. The lowest BCUT2D eigenvalue weighted by Crippen LogP contribution is -2.19. The van der Waals surface area contributed by atoms with Gasteiger partial charge in [-0.05, 0) is 65.0 Å². The number of hydrogen-bond donors (Lipinski definition) is 1. The summed E-state index contributed by atoms with van der Waals surface area (Å²) in [6, 6.07) is 14.8. The summed E-state index contributed by atoms with van der Waals surface area (Å²) in [5, 5.41) is 3.37. The van der Waals surface area contributed by atoms with Crippen LogP contribution < -0.4 is 14.8 Å². The summed E-state index contributed by atoms with van der Waals surface area (Å²) >= 11 is 2.34. The van der Waals surface area contributed by atoms with E-state index in [-0.39, 0.29) is 6.04 Å². The Morgan fingerprint density at radius 3 is 2.50 bits per heavy atom. The van der Waals surface area contributed by atoms with Crippen LogP contribution in [0.1, 0.15) is 17.2 Å². The first-order valence-corrected chi connectivity index (χ1v) is 7.68. The molecule has 20 heavy (non-hydrogen) atoms. The van der Waals surface area contributed by atoms with Crippen molar-refractivity contribution in [3.63, 3.8) is 0 Å². The predicted octanol–water partition coefficient (Wildman–Crippen LogP) is 3.37. The fraction of sp³-hybridized carbons (Fsp3) is 0.250. The second kappa shape index (κ2) is 6.01. The van der Waals surface area contributed by atoms with Crippen molar-refractivity contribution in [2.75, 3.05) is 20.3 Å². The van der Waals surface area contributed by atoms with E-state index in [1.54, 1.807) is 0 Å². The maximum absolute atomic E-state index is 5.66. The van der Waals surface area contributed by atoms with E-state index in [4.69, 9.17) is 9.47 Å². The van der Waals surface area contributed by atoms with Gasteiger partial charge < -0.3 is 14.8 Å². The molecule has 1 unspecified atom stereocenters. The molecule has 0 aliphatic carbocycles. The van der Waals surface area contributed by atoms with E-state index in [1.807, 2.05) is 13.1 Å². The maximum Gasteiger partial charge on any atom is 0.161 e. The van der Waals surface area contributed by atoms with Crippen LogP contribution in [0.15, 0.2) is 42.5 Å². The molecule has 0 saturated carbocycles. The number of benzene rings is 2. The number of ether oxygens (including phenoxy) is 2. The van der Waals surface area contributed by atoms with Crippen LogP contribution in [-0.2, 0) is 0 Å². The number of rotatable bonds is 3. The summed E-state index contributed by atoms with van der Waals surface area (Å²) in [6.45, 7) is 1.24. The fourth-order valence-electron chi connectivity index (χ4n) is 2.45. The smallest absolute Gasteiger partial charge is 0.161 e. The van der Waals surface area contributed by atoms with Crippen LogP contribution in [-0.4, -0.2) is 20.3 Å². The largest absolute Gasteiger partial charge is 0.486 e. The second-order valence-electron chi connectivity index (χ2n) is 4.68. The highest BCUT2D eigenvalue weighted by molar-refractivity contribution is 14.1. The van der Waals surface area contributed by atoms with Gasteiger partial charge in [-0.15, -0.1) is 0 Å². The highest BCUT2D eigenvalue weighted by Crippen LogP contribution is 2.34. The third-order valence-corrected chi connectivity index (χ3v) is 4.04. The number of nitrogens with one attached hydrogen (secondary N) is 1. The van der Waals surface area contributed by atoms with Crippen LogP contribution in [0.25, 0.3) is 0 Å². The van der Waals surface area contributed by atoms with Gasteiger partial charge in [0.1, 0.15) is 13.2 Å². The van der Waals surface area contributed by atoms with E-state index >= 15 is 0 Å².